The number of hydrogen-bond donors (Lipinski definition) is 1. The second kappa shape index (κ2) is 3.32. The van der Waals surface area contributed by atoms with Gasteiger partial charge in [-0.25, -0.2) is 4.39 Å². The van der Waals surface area contributed by atoms with Gasteiger partial charge < -0.3 is 5.73 Å². The van der Waals surface area contributed by atoms with Gasteiger partial charge in [0.1, 0.15) is 5.82 Å². The van der Waals surface area contributed by atoms with Gasteiger partial charge in [0.2, 0.25) is 0 Å². The first-order valence-corrected chi connectivity index (χ1v) is 6.77. The summed E-state index contributed by atoms with van der Waals surface area (Å²) >= 11 is 0. The Hall–Kier alpha value is -0.890. The van der Waals surface area contributed by atoms with Crippen molar-refractivity contribution in [1.29, 1.82) is 0 Å². The molecule has 0 radical (unpaired) electrons. The van der Waals surface area contributed by atoms with E-state index in [2.05, 4.69) is 0 Å². The van der Waals surface area contributed by atoms with Crippen LogP contribution in [0.15, 0.2) is 24.3 Å². The molecule has 0 aliphatic heterocycles. The first kappa shape index (κ1) is 10.1. The molecule has 3 aliphatic carbocycles. The predicted molar refractivity (Wildman–Crippen MR) is 64.6 cm³/mol. The standard InChI is InChI=1S/C15H18FN/c16-11-4-2-1-3-10(11)15(17)14-12-8-5-6-9(7-8)13(12)14/h1-4,8-9,12-15H,5-7,17H2. The SMILES string of the molecule is NC(c1ccccc1F)C1C2C3CCC(C3)C21. The molecule has 2 N–H and O–H groups in total. The zero-order valence-corrected chi connectivity index (χ0v) is 9.85. The molecule has 1 aromatic rings. The molecular weight excluding hydrogens is 213 g/mol. The fourth-order valence-electron chi connectivity index (χ4n) is 4.83. The summed E-state index contributed by atoms with van der Waals surface area (Å²) in [5, 5.41) is 0. The first-order valence-electron chi connectivity index (χ1n) is 6.77. The van der Waals surface area contributed by atoms with Crippen LogP contribution in [0.3, 0.4) is 0 Å². The van der Waals surface area contributed by atoms with Gasteiger partial charge in [0, 0.05) is 11.6 Å². The summed E-state index contributed by atoms with van der Waals surface area (Å²) in [6, 6.07) is 6.95. The molecule has 1 aromatic carbocycles. The Labute approximate surface area is 101 Å². The highest BCUT2D eigenvalue weighted by atomic mass is 19.1. The number of fused-ring (bicyclic) bond motifs is 5. The predicted octanol–water partition coefficient (Wildman–Crippen LogP) is 3.12. The van der Waals surface area contributed by atoms with E-state index < -0.39 is 0 Å². The van der Waals surface area contributed by atoms with Crippen molar-refractivity contribution in [2.24, 2.45) is 35.3 Å². The topological polar surface area (TPSA) is 26.0 Å². The third-order valence-corrected chi connectivity index (χ3v) is 5.47. The fourth-order valence-corrected chi connectivity index (χ4v) is 4.83. The summed E-state index contributed by atoms with van der Waals surface area (Å²) in [7, 11) is 0. The van der Waals surface area contributed by atoms with Crippen LogP contribution in [0.4, 0.5) is 4.39 Å². The van der Waals surface area contributed by atoms with Crippen molar-refractivity contribution < 1.29 is 4.39 Å². The lowest BCUT2D eigenvalue weighted by Gasteiger charge is -2.17. The normalized spacial score (nSPS) is 43.5. The van der Waals surface area contributed by atoms with E-state index >= 15 is 0 Å². The van der Waals surface area contributed by atoms with Crippen molar-refractivity contribution in [3.8, 4) is 0 Å². The fraction of sp³-hybridized carbons (Fsp3) is 0.600. The molecule has 3 aliphatic rings. The lowest BCUT2D eigenvalue weighted by molar-refractivity contribution is 0.410. The number of rotatable bonds is 2. The maximum Gasteiger partial charge on any atom is 0.127 e. The van der Waals surface area contributed by atoms with Crippen LogP contribution in [0.5, 0.6) is 0 Å². The molecule has 2 heteroatoms. The minimum absolute atomic E-state index is 0.0744. The van der Waals surface area contributed by atoms with Crippen LogP contribution in [0, 0.1) is 35.4 Å². The maximum absolute atomic E-state index is 13.7. The molecule has 0 heterocycles. The Kier molecular flexibility index (Phi) is 1.97. The molecule has 90 valence electrons. The van der Waals surface area contributed by atoms with Crippen LogP contribution in [-0.4, -0.2) is 0 Å². The summed E-state index contributed by atoms with van der Waals surface area (Å²) in [5.74, 6) is 3.91. The lowest BCUT2D eigenvalue weighted by atomic mass is 9.93. The first-order chi connectivity index (χ1) is 8.27. The number of halogens is 1. The number of hydrogen-bond acceptors (Lipinski definition) is 1. The van der Waals surface area contributed by atoms with Gasteiger partial charge in [-0.3, -0.25) is 0 Å². The smallest absolute Gasteiger partial charge is 0.127 e. The Bertz CT molecular complexity index is 442. The monoisotopic (exact) mass is 231 g/mol. The molecule has 1 nitrogen and oxygen atoms in total. The highest BCUT2D eigenvalue weighted by Crippen LogP contribution is 2.71. The number of nitrogens with two attached hydrogens (primary N) is 1. The zero-order chi connectivity index (χ0) is 11.6. The maximum atomic E-state index is 13.7. The molecule has 3 saturated carbocycles. The van der Waals surface area contributed by atoms with Crippen LogP contribution in [-0.2, 0) is 0 Å². The zero-order valence-electron chi connectivity index (χ0n) is 9.85. The molecule has 0 saturated heterocycles. The Morgan fingerprint density at radius 3 is 2.41 bits per heavy atom. The van der Waals surface area contributed by atoms with Crippen molar-refractivity contribution in [1.82, 2.24) is 0 Å². The van der Waals surface area contributed by atoms with E-state index in [1.807, 2.05) is 12.1 Å². The summed E-state index contributed by atoms with van der Waals surface area (Å²) in [5.41, 5.74) is 7.03. The second-order valence-electron chi connectivity index (χ2n) is 6.11. The van der Waals surface area contributed by atoms with E-state index in [-0.39, 0.29) is 11.9 Å². The molecule has 5 unspecified atom stereocenters. The average molecular weight is 231 g/mol. The van der Waals surface area contributed by atoms with Crippen LogP contribution in [0.1, 0.15) is 30.9 Å². The Morgan fingerprint density at radius 2 is 1.76 bits per heavy atom. The van der Waals surface area contributed by atoms with Gasteiger partial charge >= 0.3 is 0 Å². The van der Waals surface area contributed by atoms with Crippen molar-refractivity contribution in [3.63, 3.8) is 0 Å². The van der Waals surface area contributed by atoms with Gasteiger partial charge in [-0.2, -0.15) is 0 Å². The van der Waals surface area contributed by atoms with E-state index in [0.717, 1.165) is 29.2 Å². The average Bonchev–Trinajstić information content (AvgIpc) is 2.77. The van der Waals surface area contributed by atoms with E-state index in [1.165, 1.54) is 25.3 Å². The molecular formula is C15H18FN. The van der Waals surface area contributed by atoms with Crippen molar-refractivity contribution in [2.75, 3.05) is 0 Å². The van der Waals surface area contributed by atoms with Gasteiger partial charge in [-0.1, -0.05) is 18.2 Å². The molecule has 0 spiro atoms. The van der Waals surface area contributed by atoms with Gasteiger partial charge in [0.15, 0.2) is 0 Å². The van der Waals surface area contributed by atoms with Crippen LogP contribution < -0.4 is 5.73 Å². The van der Waals surface area contributed by atoms with Crippen LogP contribution >= 0.6 is 0 Å². The largest absolute Gasteiger partial charge is 0.324 e. The highest BCUT2D eigenvalue weighted by Gasteiger charge is 2.66. The quantitative estimate of drug-likeness (QED) is 0.831. The molecule has 3 fully saturated rings. The van der Waals surface area contributed by atoms with E-state index in [9.17, 15) is 4.39 Å². The van der Waals surface area contributed by atoms with Gasteiger partial charge in [0.25, 0.3) is 0 Å². The van der Waals surface area contributed by atoms with Gasteiger partial charge in [-0.15, -0.1) is 0 Å². The summed E-state index contributed by atoms with van der Waals surface area (Å²) in [6.45, 7) is 0. The highest BCUT2D eigenvalue weighted by molar-refractivity contribution is 5.26. The lowest BCUT2D eigenvalue weighted by Crippen LogP contribution is -2.18. The third kappa shape index (κ3) is 1.28. The Morgan fingerprint density at radius 1 is 1.12 bits per heavy atom. The van der Waals surface area contributed by atoms with Crippen LogP contribution in [0.2, 0.25) is 0 Å². The Balaban J connectivity index is 1.60. The summed E-state index contributed by atoms with van der Waals surface area (Å²) in [6.07, 6.45) is 4.22. The van der Waals surface area contributed by atoms with Gasteiger partial charge in [-0.05, 0) is 54.9 Å². The van der Waals surface area contributed by atoms with Crippen molar-refractivity contribution >= 4 is 0 Å². The molecule has 0 amide bonds. The van der Waals surface area contributed by atoms with Crippen molar-refractivity contribution in [3.05, 3.63) is 35.6 Å². The molecule has 17 heavy (non-hydrogen) atoms. The molecule has 0 aromatic heterocycles. The van der Waals surface area contributed by atoms with E-state index in [1.54, 1.807) is 6.07 Å². The minimum atomic E-state index is -0.127. The number of benzene rings is 1. The molecule has 4 rings (SSSR count). The van der Waals surface area contributed by atoms with Crippen LogP contribution in [0.25, 0.3) is 0 Å². The molecule has 5 atom stereocenters. The summed E-state index contributed by atoms with van der Waals surface area (Å²) < 4.78 is 13.7. The van der Waals surface area contributed by atoms with Gasteiger partial charge in [0.05, 0.1) is 0 Å². The third-order valence-electron chi connectivity index (χ3n) is 5.47. The summed E-state index contributed by atoms with van der Waals surface area (Å²) in [4.78, 5) is 0. The minimum Gasteiger partial charge on any atom is -0.324 e. The second-order valence-corrected chi connectivity index (χ2v) is 6.11. The van der Waals surface area contributed by atoms with E-state index in [0.29, 0.717) is 5.92 Å². The molecule has 2 bridgehead atoms. The van der Waals surface area contributed by atoms with E-state index in [4.69, 9.17) is 5.73 Å². The van der Waals surface area contributed by atoms with Crippen molar-refractivity contribution in [2.45, 2.75) is 25.3 Å².